The number of ether oxygens (including phenoxy) is 1. The van der Waals surface area contributed by atoms with Gasteiger partial charge in [-0.3, -0.25) is 0 Å². The van der Waals surface area contributed by atoms with Crippen molar-refractivity contribution in [2.45, 2.75) is 13.0 Å². The highest BCUT2D eigenvalue weighted by molar-refractivity contribution is 5.41. The summed E-state index contributed by atoms with van der Waals surface area (Å²) in [6, 6.07) is 2.65. The van der Waals surface area contributed by atoms with Crippen LogP contribution in [0.25, 0.3) is 0 Å². The Balaban J connectivity index is 3.14. The highest BCUT2D eigenvalue weighted by atomic mass is 19.4. The molecule has 0 saturated heterocycles. The molecule has 0 atom stereocenters. The standard InChI is InChI=1S/C8H4F4N2O/c9-3-6-5(4-13)1-2-14-7(6)15-8(10,11)12/h1-2H,3H2. The zero-order chi connectivity index (χ0) is 11.5. The molecule has 1 aromatic heterocycles. The Morgan fingerprint density at radius 1 is 1.47 bits per heavy atom. The topological polar surface area (TPSA) is 45.9 Å². The highest BCUT2D eigenvalue weighted by Gasteiger charge is 2.33. The van der Waals surface area contributed by atoms with Gasteiger partial charge < -0.3 is 4.74 Å². The first-order chi connectivity index (χ1) is 6.98. The van der Waals surface area contributed by atoms with Crippen LogP contribution in [0.2, 0.25) is 0 Å². The maximum Gasteiger partial charge on any atom is 0.574 e. The van der Waals surface area contributed by atoms with Gasteiger partial charge >= 0.3 is 6.36 Å². The minimum absolute atomic E-state index is 0.230. The van der Waals surface area contributed by atoms with Crippen LogP contribution in [0.3, 0.4) is 0 Å². The summed E-state index contributed by atoms with van der Waals surface area (Å²) in [7, 11) is 0. The predicted molar refractivity (Wildman–Crippen MR) is 40.4 cm³/mol. The van der Waals surface area contributed by atoms with E-state index in [1.165, 1.54) is 0 Å². The van der Waals surface area contributed by atoms with Gasteiger partial charge in [0.1, 0.15) is 6.67 Å². The van der Waals surface area contributed by atoms with Crippen molar-refractivity contribution in [2.75, 3.05) is 0 Å². The quantitative estimate of drug-likeness (QED) is 0.718. The molecule has 0 aliphatic heterocycles. The van der Waals surface area contributed by atoms with Crippen LogP contribution in [0.4, 0.5) is 17.6 Å². The normalized spacial score (nSPS) is 10.9. The lowest BCUT2D eigenvalue weighted by Gasteiger charge is -2.10. The van der Waals surface area contributed by atoms with Crippen LogP contribution in [0.1, 0.15) is 11.1 Å². The Morgan fingerprint density at radius 2 is 2.13 bits per heavy atom. The molecule has 0 aromatic carbocycles. The van der Waals surface area contributed by atoms with Crippen LogP contribution in [0.15, 0.2) is 12.3 Å². The van der Waals surface area contributed by atoms with E-state index in [4.69, 9.17) is 5.26 Å². The van der Waals surface area contributed by atoms with Gasteiger partial charge in [-0.1, -0.05) is 0 Å². The smallest absolute Gasteiger partial charge is 0.387 e. The third kappa shape index (κ3) is 2.80. The van der Waals surface area contributed by atoms with E-state index < -0.39 is 24.5 Å². The number of alkyl halides is 4. The van der Waals surface area contributed by atoms with E-state index in [0.717, 1.165) is 12.3 Å². The predicted octanol–water partition coefficient (Wildman–Crippen LogP) is 2.32. The first kappa shape index (κ1) is 11.2. The van der Waals surface area contributed by atoms with Gasteiger partial charge in [-0.25, -0.2) is 9.37 Å². The molecule has 1 heterocycles. The van der Waals surface area contributed by atoms with E-state index in [1.807, 2.05) is 0 Å². The molecule has 80 valence electrons. The maximum absolute atomic E-state index is 12.4. The average molecular weight is 220 g/mol. The Morgan fingerprint density at radius 3 is 2.60 bits per heavy atom. The van der Waals surface area contributed by atoms with Crippen LogP contribution in [-0.2, 0) is 6.67 Å². The van der Waals surface area contributed by atoms with Gasteiger partial charge in [0, 0.05) is 6.20 Å². The lowest BCUT2D eigenvalue weighted by atomic mass is 10.1. The molecule has 1 rings (SSSR count). The van der Waals surface area contributed by atoms with E-state index in [9.17, 15) is 17.6 Å². The van der Waals surface area contributed by atoms with Gasteiger partial charge in [0.05, 0.1) is 17.2 Å². The van der Waals surface area contributed by atoms with E-state index in [-0.39, 0.29) is 5.56 Å². The molecule has 0 aliphatic carbocycles. The molecule has 0 saturated carbocycles. The molecule has 3 nitrogen and oxygen atoms in total. The minimum Gasteiger partial charge on any atom is -0.387 e. The minimum atomic E-state index is -4.95. The molecular formula is C8H4F4N2O. The zero-order valence-electron chi connectivity index (χ0n) is 7.18. The summed E-state index contributed by atoms with van der Waals surface area (Å²) < 4.78 is 51.3. The first-order valence-electron chi connectivity index (χ1n) is 3.67. The van der Waals surface area contributed by atoms with Gasteiger partial charge in [0.2, 0.25) is 5.88 Å². The van der Waals surface area contributed by atoms with Crippen molar-refractivity contribution >= 4 is 0 Å². The molecule has 0 N–H and O–H groups in total. The van der Waals surface area contributed by atoms with Gasteiger partial charge in [-0.15, -0.1) is 13.2 Å². The van der Waals surface area contributed by atoms with E-state index in [1.54, 1.807) is 6.07 Å². The van der Waals surface area contributed by atoms with Crippen molar-refractivity contribution in [3.63, 3.8) is 0 Å². The molecule has 0 amide bonds. The summed E-state index contributed by atoms with van der Waals surface area (Å²) >= 11 is 0. The molecule has 7 heteroatoms. The van der Waals surface area contributed by atoms with Crippen molar-refractivity contribution in [1.82, 2.24) is 4.98 Å². The molecule has 0 aliphatic rings. The second-order valence-corrected chi connectivity index (χ2v) is 2.44. The van der Waals surface area contributed by atoms with Gasteiger partial charge in [-0.05, 0) is 6.07 Å². The molecule has 0 fully saturated rings. The van der Waals surface area contributed by atoms with Crippen molar-refractivity contribution in [3.05, 3.63) is 23.4 Å². The van der Waals surface area contributed by atoms with Gasteiger partial charge in [0.15, 0.2) is 0 Å². The Hall–Kier alpha value is -1.84. The molecule has 0 unspecified atom stereocenters. The van der Waals surface area contributed by atoms with Crippen molar-refractivity contribution in [2.24, 2.45) is 0 Å². The molecule has 0 bridgehead atoms. The van der Waals surface area contributed by atoms with E-state index in [0.29, 0.717) is 0 Å². The number of hydrogen-bond donors (Lipinski definition) is 0. The second-order valence-electron chi connectivity index (χ2n) is 2.44. The third-order valence-corrected chi connectivity index (χ3v) is 1.48. The average Bonchev–Trinajstić information content (AvgIpc) is 2.15. The summed E-state index contributed by atoms with van der Waals surface area (Å²) in [6.07, 6.45) is -4.01. The van der Waals surface area contributed by atoms with Crippen LogP contribution < -0.4 is 4.74 Å². The summed E-state index contributed by atoms with van der Waals surface area (Å²) in [5, 5.41) is 8.49. The van der Waals surface area contributed by atoms with Gasteiger partial charge in [-0.2, -0.15) is 5.26 Å². The van der Waals surface area contributed by atoms with Gasteiger partial charge in [0.25, 0.3) is 0 Å². The number of rotatable bonds is 2. The Labute approximate surface area is 81.9 Å². The fourth-order valence-corrected chi connectivity index (χ4v) is 0.905. The number of hydrogen-bond acceptors (Lipinski definition) is 3. The van der Waals surface area contributed by atoms with Crippen LogP contribution in [0, 0.1) is 11.3 Å². The Bertz CT molecular complexity index is 397. The first-order valence-corrected chi connectivity index (χ1v) is 3.67. The fourth-order valence-electron chi connectivity index (χ4n) is 0.905. The monoisotopic (exact) mass is 220 g/mol. The third-order valence-electron chi connectivity index (χ3n) is 1.48. The molecule has 1 aromatic rings. The molecular weight excluding hydrogens is 216 g/mol. The SMILES string of the molecule is N#Cc1ccnc(OC(F)(F)F)c1CF. The Kier molecular flexibility index (Phi) is 3.09. The number of halogens is 4. The number of nitrogens with zero attached hydrogens (tertiary/aromatic N) is 2. The molecule has 0 radical (unpaired) electrons. The highest BCUT2D eigenvalue weighted by Crippen LogP contribution is 2.26. The lowest BCUT2D eigenvalue weighted by molar-refractivity contribution is -0.276. The van der Waals surface area contributed by atoms with E-state index in [2.05, 4.69) is 9.72 Å². The zero-order valence-corrected chi connectivity index (χ0v) is 7.18. The maximum atomic E-state index is 12.4. The summed E-state index contributed by atoms with van der Waals surface area (Å²) in [6.45, 7) is -1.25. The summed E-state index contributed by atoms with van der Waals surface area (Å²) in [4.78, 5) is 3.21. The molecule has 0 spiro atoms. The van der Waals surface area contributed by atoms with Crippen molar-refractivity contribution in [3.8, 4) is 11.9 Å². The lowest BCUT2D eigenvalue weighted by Crippen LogP contribution is -2.19. The largest absolute Gasteiger partial charge is 0.574 e. The van der Waals surface area contributed by atoms with E-state index >= 15 is 0 Å². The number of nitriles is 1. The summed E-state index contributed by atoms with van der Waals surface area (Å²) in [5.74, 6) is -0.927. The number of aromatic nitrogens is 1. The summed E-state index contributed by atoms with van der Waals surface area (Å²) in [5.41, 5.74) is -0.732. The van der Waals surface area contributed by atoms with Crippen molar-refractivity contribution < 1.29 is 22.3 Å². The number of pyridine rings is 1. The van der Waals surface area contributed by atoms with Crippen LogP contribution in [0.5, 0.6) is 5.88 Å². The van der Waals surface area contributed by atoms with Crippen molar-refractivity contribution in [1.29, 1.82) is 5.26 Å². The fraction of sp³-hybridized carbons (Fsp3) is 0.250. The molecule has 15 heavy (non-hydrogen) atoms. The van der Waals surface area contributed by atoms with Crippen LogP contribution >= 0.6 is 0 Å². The van der Waals surface area contributed by atoms with Crippen LogP contribution in [-0.4, -0.2) is 11.3 Å². The second kappa shape index (κ2) is 4.13.